The smallest absolute Gasteiger partial charge is 0.153 e. The van der Waals surface area contributed by atoms with E-state index in [4.69, 9.17) is 4.74 Å². The maximum atomic E-state index is 11.1. The number of benzene rings is 1. The summed E-state index contributed by atoms with van der Waals surface area (Å²) < 4.78 is 5.77. The second-order valence-electron chi connectivity index (χ2n) is 4.62. The third-order valence-electron chi connectivity index (χ3n) is 3.35. The van der Waals surface area contributed by atoms with Gasteiger partial charge in [-0.15, -0.1) is 0 Å². The van der Waals surface area contributed by atoms with Crippen LogP contribution in [0.4, 0.5) is 5.69 Å². The van der Waals surface area contributed by atoms with Crippen LogP contribution in [0.1, 0.15) is 29.9 Å². The topological polar surface area (TPSA) is 42.4 Å². The van der Waals surface area contributed by atoms with Gasteiger partial charge in [0.15, 0.2) is 6.29 Å². The Morgan fingerprint density at radius 1 is 1.19 bits per heavy atom. The first-order valence-electron chi connectivity index (χ1n) is 7.15. The number of hydrogen-bond donors (Lipinski definition) is 0. The summed E-state index contributed by atoms with van der Waals surface area (Å²) >= 11 is 0. The van der Waals surface area contributed by atoms with Crippen molar-refractivity contribution >= 4 is 12.0 Å². The molecule has 0 atom stereocenters. The lowest BCUT2D eigenvalue weighted by Gasteiger charge is -2.22. The van der Waals surface area contributed by atoms with E-state index in [1.165, 1.54) is 0 Å². The third kappa shape index (κ3) is 3.81. The maximum Gasteiger partial charge on any atom is 0.153 e. The van der Waals surface area contributed by atoms with Crippen molar-refractivity contribution in [2.45, 2.75) is 20.5 Å². The van der Waals surface area contributed by atoms with Crippen molar-refractivity contribution in [3.8, 4) is 5.75 Å². The van der Waals surface area contributed by atoms with Crippen LogP contribution in [0.5, 0.6) is 5.75 Å². The molecule has 0 aliphatic rings. The Bertz CT molecular complexity index is 581. The fourth-order valence-electron chi connectivity index (χ4n) is 2.17. The van der Waals surface area contributed by atoms with Crippen molar-refractivity contribution in [1.29, 1.82) is 0 Å². The van der Waals surface area contributed by atoms with E-state index in [0.29, 0.717) is 17.9 Å². The van der Waals surface area contributed by atoms with Crippen molar-refractivity contribution in [2.75, 3.05) is 18.0 Å². The molecule has 2 aromatic rings. The molecule has 110 valence electrons. The zero-order valence-electron chi connectivity index (χ0n) is 12.5. The van der Waals surface area contributed by atoms with Gasteiger partial charge in [0.25, 0.3) is 0 Å². The number of nitrogens with zero attached hydrogens (tertiary/aromatic N) is 2. The number of carbonyl (C=O) groups excluding carboxylic acids is 1. The van der Waals surface area contributed by atoms with Gasteiger partial charge >= 0.3 is 0 Å². The minimum atomic E-state index is 0.351. The standard InChI is InChI=1S/C17H20N2O2/c1-3-19(4-2)16-9-8-14(12-20)17(11-16)21-13-15-7-5-6-10-18-15/h5-12H,3-4,13H2,1-2H3. The Hall–Kier alpha value is -2.36. The summed E-state index contributed by atoms with van der Waals surface area (Å²) in [5.74, 6) is 0.597. The molecule has 0 aliphatic carbocycles. The molecule has 21 heavy (non-hydrogen) atoms. The lowest BCUT2D eigenvalue weighted by molar-refractivity contribution is 0.111. The molecule has 0 aliphatic heterocycles. The number of rotatable bonds is 7. The van der Waals surface area contributed by atoms with E-state index in [0.717, 1.165) is 30.8 Å². The molecule has 0 radical (unpaired) electrons. The summed E-state index contributed by atoms with van der Waals surface area (Å²) in [5, 5.41) is 0. The fourth-order valence-corrected chi connectivity index (χ4v) is 2.17. The van der Waals surface area contributed by atoms with Gasteiger partial charge < -0.3 is 9.64 Å². The summed E-state index contributed by atoms with van der Waals surface area (Å²) in [6, 6.07) is 11.3. The van der Waals surface area contributed by atoms with Crippen LogP contribution in [-0.2, 0) is 6.61 Å². The van der Waals surface area contributed by atoms with E-state index < -0.39 is 0 Å². The van der Waals surface area contributed by atoms with Crippen molar-refractivity contribution in [1.82, 2.24) is 4.98 Å². The van der Waals surface area contributed by atoms with Crippen LogP contribution in [0.3, 0.4) is 0 Å². The Kier molecular flexibility index (Phi) is 5.32. The average molecular weight is 284 g/mol. The van der Waals surface area contributed by atoms with E-state index >= 15 is 0 Å². The van der Waals surface area contributed by atoms with Crippen LogP contribution in [0.25, 0.3) is 0 Å². The van der Waals surface area contributed by atoms with E-state index in [1.807, 2.05) is 30.3 Å². The molecular weight excluding hydrogens is 264 g/mol. The van der Waals surface area contributed by atoms with Gasteiger partial charge in [0.05, 0.1) is 11.3 Å². The number of aldehydes is 1. The highest BCUT2D eigenvalue weighted by Crippen LogP contribution is 2.25. The molecule has 1 aromatic heterocycles. The maximum absolute atomic E-state index is 11.1. The first kappa shape index (κ1) is 15.0. The summed E-state index contributed by atoms with van der Waals surface area (Å²) in [7, 11) is 0. The number of pyridine rings is 1. The molecule has 0 saturated heterocycles. The van der Waals surface area contributed by atoms with Gasteiger partial charge in [-0.3, -0.25) is 9.78 Å². The van der Waals surface area contributed by atoms with Gasteiger partial charge in [-0.1, -0.05) is 6.07 Å². The first-order valence-corrected chi connectivity index (χ1v) is 7.15. The summed E-state index contributed by atoms with van der Waals surface area (Å²) in [5.41, 5.74) is 2.45. The van der Waals surface area contributed by atoms with Crippen LogP contribution in [0, 0.1) is 0 Å². The zero-order chi connectivity index (χ0) is 15.1. The molecule has 0 unspecified atom stereocenters. The SMILES string of the molecule is CCN(CC)c1ccc(C=O)c(OCc2ccccn2)c1. The second-order valence-corrected chi connectivity index (χ2v) is 4.62. The Labute approximate surface area is 125 Å². The molecule has 0 saturated carbocycles. The van der Waals surface area contributed by atoms with Crippen molar-refractivity contribution < 1.29 is 9.53 Å². The average Bonchev–Trinajstić information content (AvgIpc) is 2.55. The summed E-state index contributed by atoms with van der Waals surface area (Å²) in [6.45, 7) is 6.38. The number of carbonyl (C=O) groups is 1. The quantitative estimate of drug-likeness (QED) is 0.731. The van der Waals surface area contributed by atoms with Gasteiger partial charge in [0.2, 0.25) is 0 Å². The Morgan fingerprint density at radius 3 is 2.62 bits per heavy atom. The highest BCUT2D eigenvalue weighted by molar-refractivity contribution is 5.80. The number of anilines is 1. The van der Waals surface area contributed by atoms with Crippen molar-refractivity contribution in [3.63, 3.8) is 0 Å². The molecule has 0 bridgehead atoms. The van der Waals surface area contributed by atoms with E-state index in [9.17, 15) is 4.79 Å². The Balaban J connectivity index is 2.19. The molecule has 0 amide bonds. The Morgan fingerprint density at radius 2 is 2.00 bits per heavy atom. The van der Waals surface area contributed by atoms with Crippen LogP contribution >= 0.6 is 0 Å². The first-order chi connectivity index (χ1) is 10.3. The predicted molar refractivity (Wildman–Crippen MR) is 84.0 cm³/mol. The molecule has 0 fully saturated rings. The van der Waals surface area contributed by atoms with Crippen LogP contribution < -0.4 is 9.64 Å². The molecule has 2 rings (SSSR count). The molecule has 4 nitrogen and oxygen atoms in total. The highest BCUT2D eigenvalue weighted by atomic mass is 16.5. The van der Waals surface area contributed by atoms with E-state index in [1.54, 1.807) is 12.3 Å². The van der Waals surface area contributed by atoms with Crippen LogP contribution in [0.2, 0.25) is 0 Å². The highest BCUT2D eigenvalue weighted by Gasteiger charge is 2.08. The van der Waals surface area contributed by atoms with Crippen molar-refractivity contribution in [2.24, 2.45) is 0 Å². The largest absolute Gasteiger partial charge is 0.486 e. The molecular formula is C17H20N2O2. The second kappa shape index (κ2) is 7.43. The lowest BCUT2D eigenvalue weighted by Crippen LogP contribution is -2.21. The molecule has 0 N–H and O–H groups in total. The molecule has 1 aromatic carbocycles. The monoisotopic (exact) mass is 284 g/mol. The summed E-state index contributed by atoms with van der Waals surface area (Å²) in [6.07, 6.45) is 2.55. The van der Waals surface area contributed by atoms with E-state index in [2.05, 4.69) is 23.7 Å². The van der Waals surface area contributed by atoms with Gasteiger partial charge in [-0.05, 0) is 38.1 Å². The van der Waals surface area contributed by atoms with Crippen molar-refractivity contribution in [3.05, 3.63) is 53.9 Å². The predicted octanol–water partition coefficient (Wildman–Crippen LogP) is 3.32. The summed E-state index contributed by atoms with van der Waals surface area (Å²) in [4.78, 5) is 17.6. The van der Waals surface area contributed by atoms with Gasteiger partial charge in [0, 0.05) is 31.0 Å². The normalized spacial score (nSPS) is 10.2. The number of aromatic nitrogens is 1. The lowest BCUT2D eigenvalue weighted by atomic mass is 10.2. The van der Waals surface area contributed by atoms with Crippen LogP contribution in [0.15, 0.2) is 42.6 Å². The van der Waals surface area contributed by atoms with Gasteiger partial charge in [0.1, 0.15) is 12.4 Å². The van der Waals surface area contributed by atoms with Gasteiger partial charge in [-0.2, -0.15) is 0 Å². The number of hydrogen-bond acceptors (Lipinski definition) is 4. The fraction of sp³-hybridized carbons (Fsp3) is 0.294. The van der Waals surface area contributed by atoms with E-state index in [-0.39, 0.29) is 0 Å². The molecule has 1 heterocycles. The molecule has 0 spiro atoms. The van der Waals surface area contributed by atoms with Gasteiger partial charge in [-0.25, -0.2) is 0 Å². The number of ether oxygens (including phenoxy) is 1. The third-order valence-corrected chi connectivity index (χ3v) is 3.35. The minimum Gasteiger partial charge on any atom is -0.486 e. The molecule has 4 heteroatoms. The van der Waals surface area contributed by atoms with Crippen LogP contribution in [-0.4, -0.2) is 24.4 Å². The zero-order valence-corrected chi connectivity index (χ0v) is 12.5. The minimum absolute atomic E-state index is 0.351.